The highest BCUT2D eigenvalue weighted by Gasteiger charge is 2.12. The molecular weight excluding hydrogens is 246 g/mol. The second-order valence-corrected chi connectivity index (χ2v) is 5.40. The highest BCUT2D eigenvalue weighted by atomic mass is 35.5. The Morgan fingerprint density at radius 1 is 1.31 bits per heavy atom. The highest BCUT2D eigenvalue weighted by Crippen LogP contribution is 2.28. The molecule has 1 unspecified atom stereocenters. The molecule has 2 N–H and O–H groups in total. The zero-order valence-electron chi connectivity index (χ0n) is 9.61. The van der Waals surface area contributed by atoms with Gasteiger partial charge in [-0.05, 0) is 26.0 Å². The molecule has 5 heteroatoms. The summed E-state index contributed by atoms with van der Waals surface area (Å²) >= 11 is 7.37. The maximum absolute atomic E-state index is 5.86. The van der Waals surface area contributed by atoms with Gasteiger partial charge in [0.25, 0.3) is 0 Å². The van der Waals surface area contributed by atoms with Crippen LogP contribution < -0.4 is 5.73 Å². The molecule has 1 aromatic rings. The van der Waals surface area contributed by atoms with Crippen molar-refractivity contribution in [2.24, 2.45) is 5.73 Å². The van der Waals surface area contributed by atoms with Crippen LogP contribution in [-0.4, -0.2) is 25.9 Å². The summed E-state index contributed by atoms with van der Waals surface area (Å²) in [6.07, 6.45) is 0.157. The van der Waals surface area contributed by atoms with Gasteiger partial charge in [-0.15, -0.1) is 11.3 Å². The van der Waals surface area contributed by atoms with Crippen molar-refractivity contribution in [2.75, 3.05) is 19.8 Å². The molecule has 0 amide bonds. The minimum absolute atomic E-state index is 0.0757. The van der Waals surface area contributed by atoms with Crippen molar-refractivity contribution in [3.8, 4) is 0 Å². The molecule has 1 aromatic heterocycles. The first-order chi connectivity index (χ1) is 7.63. The largest absolute Gasteiger partial charge is 0.376 e. The molecule has 0 bridgehead atoms. The summed E-state index contributed by atoms with van der Waals surface area (Å²) in [6, 6.07) is 3.81. The van der Waals surface area contributed by atoms with E-state index in [4.69, 9.17) is 26.8 Å². The quantitative estimate of drug-likeness (QED) is 0.770. The maximum atomic E-state index is 5.86. The molecule has 0 aliphatic heterocycles. The Labute approximate surface area is 105 Å². The van der Waals surface area contributed by atoms with E-state index in [1.807, 2.05) is 26.0 Å². The molecule has 1 atom stereocenters. The van der Waals surface area contributed by atoms with E-state index in [2.05, 4.69) is 0 Å². The van der Waals surface area contributed by atoms with Crippen LogP contribution in [0.3, 0.4) is 0 Å². The van der Waals surface area contributed by atoms with Gasteiger partial charge in [0, 0.05) is 11.4 Å². The third kappa shape index (κ3) is 4.80. The molecule has 0 saturated heterocycles. The predicted octanol–water partition coefficient (Wildman–Crippen LogP) is 2.84. The average molecular weight is 264 g/mol. The third-order valence-electron chi connectivity index (χ3n) is 1.98. The zero-order chi connectivity index (χ0) is 12.0. The van der Waals surface area contributed by atoms with Gasteiger partial charge in [0.2, 0.25) is 0 Å². The number of hydrogen-bond donors (Lipinski definition) is 1. The fourth-order valence-electron chi connectivity index (χ4n) is 1.24. The van der Waals surface area contributed by atoms with Crippen LogP contribution in [0, 0.1) is 0 Å². The van der Waals surface area contributed by atoms with Crippen molar-refractivity contribution in [2.45, 2.75) is 26.1 Å². The fraction of sp³-hybridized carbons (Fsp3) is 0.636. The second-order valence-electron chi connectivity index (χ2n) is 3.66. The number of nitrogens with two attached hydrogens (primary N) is 1. The number of ether oxygens (including phenoxy) is 2. The van der Waals surface area contributed by atoms with Gasteiger partial charge in [-0.25, -0.2) is 0 Å². The van der Waals surface area contributed by atoms with Gasteiger partial charge in [-0.2, -0.15) is 0 Å². The van der Waals surface area contributed by atoms with E-state index >= 15 is 0 Å². The Balaban J connectivity index is 2.32. The topological polar surface area (TPSA) is 44.5 Å². The minimum atomic E-state index is -0.0757. The van der Waals surface area contributed by atoms with Crippen LogP contribution in [0.5, 0.6) is 0 Å². The van der Waals surface area contributed by atoms with Crippen molar-refractivity contribution in [1.29, 1.82) is 0 Å². The Morgan fingerprint density at radius 3 is 2.50 bits per heavy atom. The summed E-state index contributed by atoms with van der Waals surface area (Å²) in [4.78, 5) is 1.07. The zero-order valence-corrected chi connectivity index (χ0v) is 11.2. The van der Waals surface area contributed by atoms with E-state index in [1.54, 1.807) is 0 Å². The lowest BCUT2D eigenvalue weighted by molar-refractivity contribution is -0.00932. The Kier molecular flexibility index (Phi) is 6.31. The predicted molar refractivity (Wildman–Crippen MR) is 68.2 cm³/mol. The normalized spacial score (nSPS) is 13.3. The van der Waals surface area contributed by atoms with Crippen LogP contribution in [-0.2, 0) is 9.47 Å². The van der Waals surface area contributed by atoms with Crippen LogP contribution in [0.4, 0.5) is 0 Å². The van der Waals surface area contributed by atoms with Crippen molar-refractivity contribution in [1.82, 2.24) is 0 Å². The van der Waals surface area contributed by atoms with Crippen LogP contribution in [0.2, 0.25) is 4.34 Å². The SMILES string of the molecule is CC(C)OCCOC(CN)c1ccc(Cl)s1. The maximum Gasteiger partial charge on any atom is 0.104 e. The Morgan fingerprint density at radius 2 is 2.00 bits per heavy atom. The Hall–Kier alpha value is -0.130. The average Bonchev–Trinajstić information content (AvgIpc) is 2.64. The molecule has 92 valence electrons. The van der Waals surface area contributed by atoms with Gasteiger partial charge in [0.15, 0.2) is 0 Å². The highest BCUT2D eigenvalue weighted by molar-refractivity contribution is 7.16. The van der Waals surface area contributed by atoms with Gasteiger partial charge in [-0.3, -0.25) is 0 Å². The monoisotopic (exact) mass is 263 g/mol. The molecule has 0 saturated carbocycles. The van der Waals surface area contributed by atoms with Crippen molar-refractivity contribution in [3.05, 3.63) is 21.3 Å². The van der Waals surface area contributed by atoms with E-state index < -0.39 is 0 Å². The number of halogens is 1. The molecule has 0 aliphatic carbocycles. The van der Waals surface area contributed by atoms with Crippen LogP contribution in [0.15, 0.2) is 12.1 Å². The molecule has 3 nitrogen and oxygen atoms in total. The van der Waals surface area contributed by atoms with Gasteiger partial charge >= 0.3 is 0 Å². The van der Waals surface area contributed by atoms with Gasteiger partial charge in [-0.1, -0.05) is 11.6 Å². The summed E-state index contributed by atoms with van der Waals surface area (Å²) in [6.45, 7) is 5.60. The van der Waals surface area contributed by atoms with Crippen LogP contribution in [0.25, 0.3) is 0 Å². The van der Waals surface area contributed by atoms with Crippen molar-refractivity contribution >= 4 is 22.9 Å². The van der Waals surface area contributed by atoms with Crippen LogP contribution in [0.1, 0.15) is 24.8 Å². The van der Waals surface area contributed by atoms with E-state index in [-0.39, 0.29) is 12.2 Å². The molecule has 0 aromatic carbocycles. The molecule has 0 spiro atoms. The van der Waals surface area contributed by atoms with E-state index in [0.29, 0.717) is 19.8 Å². The molecular formula is C11H18ClNO2S. The lowest BCUT2D eigenvalue weighted by Crippen LogP contribution is -2.18. The second kappa shape index (κ2) is 7.25. The summed E-state index contributed by atoms with van der Waals surface area (Å²) in [5.74, 6) is 0. The lowest BCUT2D eigenvalue weighted by Gasteiger charge is -2.15. The van der Waals surface area contributed by atoms with Gasteiger partial charge < -0.3 is 15.2 Å². The lowest BCUT2D eigenvalue weighted by atomic mass is 10.3. The first-order valence-electron chi connectivity index (χ1n) is 5.32. The molecule has 16 heavy (non-hydrogen) atoms. The van der Waals surface area contributed by atoms with Gasteiger partial charge in [0.05, 0.1) is 23.7 Å². The van der Waals surface area contributed by atoms with Crippen molar-refractivity contribution < 1.29 is 9.47 Å². The molecule has 0 aliphatic rings. The first kappa shape index (κ1) is 13.9. The minimum Gasteiger partial charge on any atom is -0.376 e. The Bertz CT molecular complexity index is 304. The number of thiophene rings is 1. The molecule has 1 rings (SSSR count). The summed E-state index contributed by atoms with van der Waals surface area (Å²) in [5.41, 5.74) is 5.65. The van der Waals surface area contributed by atoms with Crippen molar-refractivity contribution in [3.63, 3.8) is 0 Å². The third-order valence-corrected chi connectivity index (χ3v) is 3.30. The summed E-state index contributed by atoms with van der Waals surface area (Å²) in [5, 5.41) is 0. The first-order valence-corrected chi connectivity index (χ1v) is 6.51. The van der Waals surface area contributed by atoms with E-state index in [1.165, 1.54) is 11.3 Å². The summed E-state index contributed by atoms with van der Waals surface area (Å²) in [7, 11) is 0. The smallest absolute Gasteiger partial charge is 0.104 e. The molecule has 0 radical (unpaired) electrons. The molecule has 1 heterocycles. The van der Waals surface area contributed by atoms with Crippen LogP contribution >= 0.6 is 22.9 Å². The van der Waals surface area contributed by atoms with Gasteiger partial charge in [0.1, 0.15) is 6.10 Å². The number of hydrogen-bond acceptors (Lipinski definition) is 4. The van der Waals surface area contributed by atoms with E-state index in [0.717, 1.165) is 9.21 Å². The molecule has 0 fully saturated rings. The number of rotatable bonds is 7. The fourth-order valence-corrected chi connectivity index (χ4v) is 2.37. The van der Waals surface area contributed by atoms with E-state index in [9.17, 15) is 0 Å². The standard InChI is InChI=1S/C11H18ClNO2S/c1-8(2)14-5-6-15-9(7-13)10-3-4-11(12)16-10/h3-4,8-9H,5-7,13H2,1-2H3. The summed E-state index contributed by atoms with van der Waals surface area (Å²) < 4.78 is 11.8.